The van der Waals surface area contributed by atoms with E-state index in [1.807, 2.05) is 55.5 Å². The van der Waals surface area contributed by atoms with E-state index in [0.717, 1.165) is 23.1 Å². The van der Waals surface area contributed by atoms with E-state index in [4.69, 9.17) is 9.84 Å². The highest BCUT2D eigenvalue weighted by Crippen LogP contribution is 2.21. The number of amides is 1. The Balaban J connectivity index is 2.03. The summed E-state index contributed by atoms with van der Waals surface area (Å²) < 4.78 is 5.17. The van der Waals surface area contributed by atoms with Crippen LogP contribution in [0.3, 0.4) is 0 Å². The van der Waals surface area contributed by atoms with Gasteiger partial charge in [0.15, 0.2) is 0 Å². The van der Waals surface area contributed by atoms with Crippen LogP contribution in [0.5, 0.6) is 0 Å². The first-order valence-corrected chi connectivity index (χ1v) is 8.25. The summed E-state index contributed by atoms with van der Waals surface area (Å²) in [6.07, 6.45) is 1.57. The fourth-order valence-electron chi connectivity index (χ4n) is 2.44. The molecular weight excluding hydrogens is 302 g/mol. The van der Waals surface area contributed by atoms with Crippen molar-refractivity contribution < 1.29 is 14.6 Å². The summed E-state index contributed by atoms with van der Waals surface area (Å²) >= 11 is 0. The Hall–Kier alpha value is -2.17. The molecule has 0 saturated carbocycles. The highest BCUT2D eigenvalue weighted by atomic mass is 16.5. The van der Waals surface area contributed by atoms with Crippen molar-refractivity contribution in [1.82, 2.24) is 5.32 Å². The molecule has 0 spiro atoms. The molecule has 128 valence electrons. The molecule has 0 aromatic heterocycles. The van der Waals surface area contributed by atoms with Crippen LogP contribution in [0.25, 0.3) is 11.1 Å². The molecule has 4 heteroatoms. The van der Waals surface area contributed by atoms with Gasteiger partial charge in [-0.2, -0.15) is 0 Å². The molecule has 0 fully saturated rings. The second kappa shape index (κ2) is 9.21. The molecule has 24 heavy (non-hydrogen) atoms. The maximum Gasteiger partial charge on any atom is 0.251 e. The van der Waals surface area contributed by atoms with E-state index in [9.17, 15) is 4.79 Å². The minimum Gasteiger partial charge on any atom is -0.396 e. The second-order valence-electron chi connectivity index (χ2n) is 5.84. The van der Waals surface area contributed by atoms with Crippen LogP contribution < -0.4 is 5.32 Å². The summed E-state index contributed by atoms with van der Waals surface area (Å²) in [5, 5.41) is 11.9. The highest BCUT2D eigenvalue weighted by molar-refractivity contribution is 5.95. The van der Waals surface area contributed by atoms with Gasteiger partial charge >= 0.3 is 0 Å². The van der Waals surface area contributed by atoms with Gasteiger partial charge in [-0.05, 0) is 48.6 Å². The molecule has 2 aromatic carbocycles. The van der Waals surface area contributed by atoms with Gasteiger partial charge in [0.1, 0.15) is 0 Å². The average Bonchev–Trinajstić information content (AvgIpc) is 2.62. The van der Waals surface area contributed by atoms with Crippen molar-refractivity contribution in [3.8, 4) is 11.1 Å². The van der Waals surface area contributed by atoms with Crippen LogP contribution in [-0.4, -0.2) is 37.4 Å². The molecule has 0 saturated heterocycles. The molecule has 2 rings (SSSR count). The molecule has 1 atom stereocenters. The maximum atomic E-state index is 12.3. The van der Waals surface area contributed by atoms with E-state index >= 15 is 0 Å². The van der Waals surface area contributed by atoms with Gasteiger partial charge in [0.25, 0.3) is 5.91 Å². The minimum absolute atomic E-state index is 0.0722. The molecular formula is C20H25NO3. The van der Waals surface area contributed by atoms with Gasteiger partial charge in [0.05, 0.1) is 6.10 Å². The summed E-state index contributed by atoms with van der Waals surface area (Å²) in [4.78, 5) is 12.3. The monoisotopic (exact) mass is 327 g/mol. The number of aliphatic hydroxyl groups excluding tert-OH is 1. The Labute approximate surface area is 143 Å². The van der Waals surface area contributed by atoms with Gasteiger partial charge in [-0.25, -0.2) is 0 Å². The van der Waals surface area contributed by atoms with E-state index in [2.05, 4.69) is 5.32 Å². The summed E-state index contributed by atoms with van der Waals surface area (Å²) in [6, 6.07) is 15.6. The Bertz CT molecular complexity index is 652. The third kappa shape index (κ3) is 5.18. The van der Waals surface area contributed by atoms with Crippen LogP contribution in [0.1, 0.15) is 29.3 Å². The predicted octanol–water partition coefficient (Wildman–Crippen LogP) is 3.04. The number of benzene rings is 2. The Morgan fingerprint density at radius 3 is 2.58 bits per heavy atom. The van der Waals surface area contributed by atoms with Crippen molar-refractivity contribution in [2.75, 3.05) is 20.3 Å². The average molecular weight is 327 g/mol. The number of rotatable bonds is 8. The van der Waals surface area contributed by atoms with Gasteiger partial charge < -0.3 is 15.2 Å². The Morgan fingerprint density at radius 1 is 1.17 bits per heavy atom. The number of hydrogen-bond donors (Lipinski definition) is 2. The highest BCUT2D eigenvalue weighted by Gasteiger charge is 2.08. The van der Waals surface area contributed by atoms with Crippen molar-refractivity contribution in [2.24, 2.45) is 0 Å². The van der Waals surface area contributed by atoms with E-state index in [1.165, 1.54) is 0 Å². The van der Waals surface area contributed by atoms with Crippen LogP contribution in [-0.2, 0) is 11.2 Å². The van der Waals surface area contributed by atoms with Gasteiger partial charge in [0, 0.05) is 25.8 Å². The summed E-state index contributed by atoms with van der Waals surface area (Å²) in [5.41, 5.74) is 3.81. The predicted molar refractivity (Wildman–Crippen MR) is 96.1 cm³/mol. The molecule has 0 aliphatic carbocycles. The van der Waals surface area contributed by atoms with E-state index in [1.54, 1.807) is 7.11 Å². The van der Waals surface area contributed by atoms with Crippen molar-refractivity contribution in [3.05, 3.63) is 59.7 Å². The zero-order valence-electron chi connectivity index (χ0n) is 14.3. The molecule has 2 N–H and O–H groups in total. The second-order valence-corrected chi connectivity index (χ2v) is 5.84. The van der Waals surface area contributed by atoms with Gasteiger partial charge in [0.2, 0.25) is 0 Å². The first kappa shape index (κ1) is 18.2. The first-order chi connectivity index (χ1) is 11.6. The minimum atomic E-state index is -0.0722. The number of methoxy groups -OCH3 is 1. The van der Waals surface area contributed by atoms with Crippen LogP contribution >= 0.6 is 0 Å². The number of carbonyl (C=O) groups is 1. The molecule has 0 bridgehead atoms. The molecule has 0 radical (unpaired) electrons. The van der Waals surface area contributed by atoms with Crippen molar-refractivity contribution in [1.29, 1.82) is 0 Å². The van der Waals surface area contributed by atoms with Crippen molar-refractivity contribution >= 4 is 5.91 Å². The normalized spacial score (nSPS) is 12.0. The lowest BCUT2D eigenvalue weighted by Gasteiger charge is -2.11. The standard InChI is InChI=1S/C20H25NO3/c1-15(24-2)10-12-21-20(23)19-5-3-4-18(14-19)17-8-6-16(7-9-17)11-13-22/h3-9,14-15,22H,10-13H2,1-2H3,(H,21,23)/t15-/m0/s1. The SMILES string of the molecule is CO[C@@H](C)CCNC(=O)c1cccc(-c2ccc(CCO)cc2)c1. The lowest BCUT2D eigenvalue weighted by molar-refractivity contribution is 0.0918. The molecule has 0 unspecified atom stereocenters. The molecule has 0 heterocycles. The quantitative estimate of drug-likeness (QED) is 0.783. The number of carbonyl (C=O) groups excluding carboxylic acids is 1. The Morgan fingerprint density at radius 2 is 1.92 bits per heavy atom. The van der Waals surface area contributed by atoms with Crippen molar-refractivity contribution in [3.63, 3.8) is 0 Å². The molecule has 2 aromatic rings. The topological polar surface area (TPSA) is 58.6 Å². The van der Waals surface area contributed by atoms with Gasteiger partial charge in [-0.3, -0.25) is 4.79 Å². The molecule has 0 aliphatic rings. The first-order valence-electron chi connectivity index (χ1n) is 8.25. The van der Waals surface area contributed by atoms with E-state index in [0.29, 0.717) is 18.5 Å². The summed E-state index contributed by atoms with van der Waals surface area (Å²) in [6.45, 7) is 2.72. The number of hydrogen-bond acceptors (Lipinski definition) is 3. The summed E-state index contributed by atoms with van der Waals surface area (Å²) in [5.74, 6) is -0.0722. The number of aliphatic hydroxyl groups is 1. The molecule has 1 amide bonds. The van der Waals surface area contributed by atoms with Crippen molar-refractivity contribution in [2.45, 2.75) is 25.9 Å². The third-order valence-corrected chi connectivity index (χ3v) is 4.05. The fourth-order valence-corrected chi connectivity index (χ4v) is 2.44. The van der Waals surface area contributed by atoms with E-state index in [-0.39, 0.29) is 18.6 Å². The fraction of sp³-hybridized carbons (Fsp3) is 0.350. The summed E-state index contributed by atoms with van der Waals surface area (Å²) in [7, 11) is 1.67. The zero-order chi connectivity index (χ0) is 17.4. The largest absolute Gasteiger partial charge is 0.396 e. The maximum absolute atomic E-state index is 12.3. The molecule has 0 aliphatic heterocycles. The van der Waals surface area contributed by atoms with Crippen LogP contribution in [0, 0.1) is 0 Å². The van der Waals surface area contributed by atoms with Crippen LogP contribution in [0.4, 0.5) is 0 Å². The van der Waals surface area contributed by atoms with Gasteiger partial charge in [-0.15, -0.1) is 0 Å². The lowest BCUT2D eigenvalue weighted by Crippen LogP contribution is -2.26. The third-order valence-electron chi connectivity index (χ3n) is 4.05. The zero-order valence-corrected chi connectivity index (χ0v) is 14.3. The number of nitrogens with one attached hydrogen (secondary N) is 1. The lowest BCUT2D eigenvalue weighted by atomic mass is 10.0. The smallest absolute Gasteiger partial charge is 0.251 e. The number of ether oxygens (including phenoxy) is 1. The molecule has 4 nitrogen and oxygen atoms in total. The van der Waals surface area contributed by atoms with Crippen LogP contribution in [0.2, 0.25) is 0 Å². The Kier molecular flexibility index (Phi) is 6.97. The van der Waals surface area contributed by atoms with E-state index < -0.39 is 0 Å². The van der Waals surface area contributed by atoms with Gasteiger partial charge in [-0.1, -0.05) is 36.4 Å². The van der Waals surface area contributed by atoms with Crippen LogP contribution in [0.15, 0.2) is 48.5 Å².